The van der Waals surface area contributed by atoms with Crippen LogP contribution in [0.25, 0.3) is 0 Å². The van der Waals surface area contributed by atoms with Gasteiger partial charge in [0, 0.05) is 19.1 Å². The fourth-order valence-corrected chi connectivity index (χ4v) is 1.46. The number of hydrogen-bond acceptors (Lipinski definition) is 3. The molecule has 0 saturated carbocycles. The molecule has 12 heavy (non-hydrogen) atoms. The molecule has 3 nitrogen and oxygen atoms in total. The lowest BCUT2D eigenvalue weighted by atomic mass is 10.0. The Morgan fingerprint density at radius 2 is 2.50 bits per heavy atom. The third-order valence-corrected chi connectivity index (χ3v) is 2.53. The monoisotopic (exact) mass is 189 g/mol. The van der Waals surface area contributed by atoms with Crippen LogP contribution in [0.15, 0.2) is 0 Å². The molecule has 1 rings (SSSR count). The van der Waals surface area contributed by atoms with Crippen LogP contribution in [0.2, 0.25) is 0 Å². The normalized spacial score (nSPS) is 28.8. The first kappa shape index (κ1) is 9.86. The molecule has 2 unspecified atom stereocenters. The Bertz CT molecular complexity index is 163. The summed E-state index contributed by atoms with van der Waals surface area (Å²) in [6.07, 6.45) is 1.33. The van der Waals surface area contributed by atoms with Gasteiger partial charge in [0.1, 0.15) is 0 Å². The molecular weight excluding hydrogens is 174 g/mol. The highest BCUT2D eigenvalue weighted by atomic mass is 32.1. The maximum Gasteiger partial charge on any atom is 0.229 e. The fourth-order valence-electron chi connectivity index (χ4n) is 1.34. The highest BCUT2D eigenvalue weighted by molar-refractivity contribution is 7.81. The van der Waals surface area contributed by atoms with Crippen LogP contribution in [0.5, 0.6) is 0 Å². The van der Waals surface area contributed by atoms with Crippen molar-refractivity contribution < 1.29 is 9.53 Å². The first-order chi connectivity index (χ1) is 5.74. The van der Waals surface area contributed by atoms with Crippen molar-refractivity contribution in [2.45, 2.75) is 19.4 Å². The van der Waals surface area contributed by atoms with E-state index in [4.69, 9.17) is 4.74 Å². The predicted octanol–water partition coefficient (Wildman–Crippen LogP) is 0.457. The minimum atomic E-state index is -0.00238. The van der Waals surface area contributed by atoms with Gasteiger partial charge in [-0.2, -0.15) is 12.6 Å². The zero-order chi connectivity index (χ0) is 8.97. The molecular formula is C8H15NO2S. The van der Waals surface area contributed by atoms with Crippen molar-refractivity contribution in [2.24, 2.45) is 5.92 Å². The first-order valence-electron chi connectivity index (χ1n) is 4.23. The quantitative estimate of drug-likeness (QED) is 0.633. The van der Waals surface area contributed by atoms with Gasteiger partial charge >= 0.3 is 0 Å². The highest BCUT2D eigenvalue weighted by Crippen LogP contribution is 2.18. The Hall–Kier alpha value is -0.220. The van der Waals surface area contributed by atoms with Gasteiger partial charge in [0.25, 0.3) is 0 Å². The number of hydrogen-bond donors (Lipinski definition) is 2. The lowest BCUT2D eigenvalue weighted by Gasteiger charge is -2.13. The zero-order valence-corrected chi connectivity index (χ0v) is 8.14. The van der Waals surface area contributed by atoms with E-state index < -0.39 is 0 Å². The Labute approximate surface area is 78.3 Å². The van der Waals surface area contributed by atoms with E-state index in [1.807, 2.05) is 6.92 Å². The maximum atomic E-state index is 10.8. The average molecular weight is 189 g/mol. The number of amides is 1. The Morgan fingerprint density at radius 1 is 1.75 bits per heavy atom. The maximum absolute atomic E-state index is 10.8. The van der Waals surface area contributed by atoms with Crippen LogP contribution in [0.3, 0.4) is 0 Å². The van der Waals surface area contributed by atoms with Gasteiger partial charge in [-0.05, 0) is 13.3 Å². The second-order valence-electron chi connectivity index (χ2n) is 3.09. The van der Waals surface area contributed by atoms with Gasteiger partial charge in [-0.3, -0.25) is 4.79 Å². The van der Waals surface area contributed by atoms with Gasteiger partial charge in [-0.25, -0.2) is 0 Å². The topological polar surface area (TPSA) is 38.3 Å². The number of carbonyl (C=O) groups excluding carboxylic acids is 1. The Morgan fingerprint density at radius 3 is 3.00 bits per heavy atom. The summed E-state index contributed by atoms with van der Waals surface area (Å²) in [6, 6.07) is 0. The molecule has 1 saturated heterocycles. The summed E-state index contributed by atoms with van der Waals surface area (Å²) < 4.78 is 5.36. The molecule has 1 fully saturated rings. The molecule has 0 aliphatic carbocycles. The SMILES string of the molecule is CC1OCCC1CNC(=O)CS. The van der Waals surface area contributed by atoms with Crippen LogP contribution >= 0.6 is 12.6 Å². The zero-order valence-electron chi connectivity index (χ0n) is 7.25. The van der Waals surface area contributed by atoms with Gasteiger partial charge in [0.15, 0.2) is 0 Å². The molecule has 0 aromatic heterocycles. The molecule has 1 aliphatic heterocycles. The smallest absolute Gasteiger partial charge is 0.229 e. The third-order valence-electron chi connectivity index (χ3n) is 2.24. The number of nitrogens with one attached hydrogen (secondary N) is 1. The minimum Gasteiger partial charge on any atom is -0.378 e. The van der Waals surface area contributed by atoms with Gasteiger partial charge in [-0.1, -0.05) is 0 Å². The van der Waals surface area contributed by atoms with Gasteiger partial charge in [0.2, 0.25) is 5.91 Å². The van der Waals surface area contributed by atoms with Crippen LogP contribution < -0.4 is 5.32 Å². The summed E-state index contributed by atoms with van der Waals surface area (Å²) in [5.41, 5.74) is 0. The van der Waals surface area contributed by atoms with Crippen molar-refractivity contribution in [3.05, 3.63) is 0 Å². The van der Waals surface area contributed by atoms with Crippen molar-refractivity contribution in [2.75, 3.05) is 18.9 Å². The summed E-state index contributed by atoms with van der Waals surface area (Å²) in [7, 11) is 0. The first-order valence-corrected chi connectivity index (χ1v) is 4.86. The lowest BCUT2D eigenvalue weighted by Crippen LogP contribution is -2.32. The molecule has 70 valence electrons. The molecule has 0 radical (unpaired) electrons. The third kappa shape index (κ3) is 2.68. The highest BCUT2D eigenvalue weighted by Gasteiger charge is 2.23. The number of rotatable bonds is 3. The summed E-state index contributed by atoms with van der Waals surface area (Å²) in [5.74, 6) is 0.744. The Balaban J connectivity index is 2.18. The molecule has 0 spiro atoms. The van der Waals surface area contributed by atoms with E-state index in [-0.39, 0.29) is 17.8 Å². The van der Waals surface area contributed by atoms with Gasteiger partial charge in [0.05, 0.1) is 11.9 Å². The van der Waals surface area contributed by atoms with E-state index >= 15 is 0 Å². The van der Waals surface area contributed by atoms with Crippen molar-refractivity contribution in [1.82, 2.24) is 5.32 Å². The molecule has 1 amide bonds. The summed E-state index contributed by atoms with van der Waals surface area (Å²) in [4.78, 5) is 10.8. The molecule has 2 atom stereocenters. The number of carbonyl (C=O) groups is 1. The Kier molecular flexibility index (Phi) is 3.88. The molecule has 0 bridgehead atoms. The van der Waals surface area contributed by atoms with E-state index in [9.17, 15) is 4.79 Å². The van der Waals surface area contributed by atoms with Gasteiger partial charge in [-0.15, -0.1) is 0 Å². The molecule has 0 aromatic carbocycles. The summed E-state index contributed by atoms with van der Waals surface area (Å²) in [6.45, 7) is 3.59. The standard InChI is InChI=1S/C8H15NO2S/c1-6-7(2-3-11-6)4-9-8(10)5-12/h6-7,12H,2-5H2,1H3,(H,9,10). The number of thiol groups is 1. The van der Waals surface area contributed by atoms with Crippen LogP contribution in [0, 0.1) is 5.92 Å². The fraction of sp³-hybridized carbons (Fsp3) is 0.875. The van der Waals surface area contributed by atoms with E-state index in [1.54, 1.807) is 0 Å². The van der Waals surface area contributed by atoms with E-state index in [2.05, 4.69) is 17.9 Å². The second-order valence-corrected chi connectivity index (χ2v) is 3.40. The average Bonchev–Trinajstić information content (AvgIpc) is 2.47. The lowest BCUT2D eigenvalue weighted by molar-refractivity contribution is -0.118. The van der Waals surface area contributed by atoms with Crippen molar-refractivity contribution in [3.63, 3.8) is 0 Å². The summed E-state index contributed by atoms with van der Waals surface area (Å²) in [5, 5.41) is 2.81. The van der Waals surface area contributed by atoms with E-state index in [0.717, 1.165) is 19.6 Å². The largest absolute Gasteiger partial charge is 0.378 e. The molecule has 1 aliphatic rings. The summed E-state index contributed by atoms with van der Waals surface area (Å²) >= 11 is 3.87. The molecule has 1 N–H and O–H groups in total. The van der Waals surface area contributed by atoms with Crippen LogP contribution in [0.4, 0.5) is 0 Å². The van der Waals surface area contributed by atoms with E-state index in [1.165, 1.54) is 0 Å². The number of ether oxygens (including phenoxy) is 1. The van der Waals surface area contributed by atoms with Crippen LogP contribution in [-0.4, -0.2) is 30.9 Å². The van der Waals surface area contributed by atoms with Crippen LogP contribution in [0.1, 0.15) is 13.3 Å². The molecule has 4 heteroatoms. The minimum absolute atomic E-state index is 0.00238. The van der Waals surface area contributed by atoms with Crippen molar-refractivity contribution in [3.8, 4) is 0 Å². The molecule has 1 heterocycles. The van der Waals surface area contributed by atoms with Crippen molar-refractivity contribution >= 4 is 18.5 Å². The van der Waals surface area contributed by atoms with Crippen molar-refractivity contribution in [1.29, 1.82) is 0 Å². The second kappa shape index (κ2) is 4.72. The predicted molar refractivity (Wildman–Crippen MR) is 50.4 cm³/mol. The molecule has 0 aromatic rings. The van der Waals surface area contributed by atoms with Gasteiger partial charge < -0.3 is 10.1 Å². The van der Waals surface area contributed by atoms with E-state index in [0.29, 0.717) is 5.92 Å². The van der Waals surface area contributed by atoms with Crippen LogP contribution in [-0.2, 0) is 9.53 Å².